The van der Waals surface area contributed by atoms with Crippen LogP contribution < -0.4 is 5.32 Å². The molecule has 0 radical (unpaired) electrons. The molecule has 1 amide bonds. The number of hydrogen-bond donors (Lipinski definition) is 1. The van der Waals surface area contributed by atoms with Crippen LogP contribution in [0.2, 0.25) is 0 Å². The first-order valence-electron chi connectivity index (χ1n) is 7.14. The Morgan fingerprint density at radius 3 is 3.24 bits per heavy atom. The van der Waals surface area contributed by atoms with Gasteiger partial charge < -0.3 is 9.84 Å². The molecule has 3 rings (SSSR count). The number of nitrogens with zero attached hydrogens (tertiary/aromatic N) is 3. The van der Waals surface area contributed by atoms with E-state index >= 15 is 0 Å². The molecule has 0 spiro atoms. The van der Waals surface area contributed by atoms with Gasteiger partial charge in [0.15, 0.2) is 5.82 Å². The molecule has 1 N–H and O–H groups in total. The maximum Gasteiger partial charge on any atom is 0.242 e. The lowest BCUT2D eigenvalue weighted by Gasteiger charge is -2.33. The van der Waals surface area contributed by atoms with Crippen molar-refractivity contribution in [2.45, 2.75) is 32.4 Å². The van der Waals surface area contributed by atoms with Crippen molar-refractivity contribution in [3.05, 3.63) is 34.1 Å². The van der Waals surface area contributed by atoms with E-state index in [1.54, 1.807) is 11.3 Å². The Balaban J connectivity index is 1.76. The highest BCUT2D eigenvalue weighted by Crippen LogP contribution is 2.28. The van der Waals surface area contributed by atoms with Crippen molar-refractivity contribution in [3.8, 4) is 0 Å². The first-order valence-corrected chi connectivity index (χ1v) is 8.02. The molecule has 1 aliphatic rings. The Bertz CT molecular complexity index is 596. The van der Waals surface area contributed by atoms with Gasteiger partial charge in [-0.1, -0.05) is 18.1 Å². The van der Waals surface area contributed by atoms with Crippen molar-refractivity contribution < 1.29 is 9.32 Å². The summed E-state index contributed by atoms with van der Waals surface area (Å²) in [5.74, 6) is 1.35. The van der Waals surface area contributed by atoms with Crippen molar-refractivity contribution in [3.63, 3.8) is 0 Å². The van der Waals surface area contributed by atoms with Crippen molar-refractivity contribution in [2.75, 3.05) is 13.1 Å². The smallest absolute Gasteiger partial charge is 0.242 e. The summed E-state index contributed by atoms with van der Waals surface area (Å²) in [5.41, 5.74) is 0. The van der Waals surface area contributed by atoms with Gasteiger partial charge in [0, 0.05) is 24.4 Å². The van der Waals surface area contributed by atoms with Gasteiger partial charge in [-0.05, 0) is 17.9 Å². The number of piperazine rings is 1. The lowest BCUT2D eigenvalue weighted by Crippen LogP contribution is -2.49. The molecule has 0 bridgehead atoms. The predicted octanol–water partition coefficient (Wildman–Crippen LogP) is 1.76. The second-order valence-corrected chi connectivity index (χ2v) is 6.01. The standard InChI is InChI=1S/C14H18N4O2S/c1-2-4-11-16-12(20-17-11)9-18-7-6-15-14(19)13(18)10-5-3-8-21-10/h3,5,8,13H,2,4,6-7,9H2,1H3,(H,15,19)/t13-/m0/s1. The summed E-state index contributed by atoms with van der Waals surface area (Å²) in [6, 6.07) is 3.69. The minimum absolute atomic E-state index is 0.0389. The zero-order chi connectivity index (χ0) is 14.7. The highest BCUT2D eigenvalue weighted by Gasteiger charge is 2.32. The molecule has 21 heavy (non-hydrogen) atoms. The topological polar surface area (TPSA) is 71.3 Å². The molecule has 1 atom stereocenters. The summed E-state index contributed by atoms with van der Waals surface area (Å²) < 4.78 is 5.29. The fraction of sp³-hybridized carbons (Fsp3) is 0.500. The third-order valence-electron chi connectivity index (χ3n) is 3.45. The van der Waals surface area contributed by atoms with Crippen LogP contribution in [0, 0.1) is 0 Å². The SMILES string of the molecule is CCCc1noc(CN2CCNC(=O)[C@@H]2c2cccs2)n1. The first-order chi connectivity index (χ1) is 10.3. The van der Waals surface area contributed by atoms with Gasteiger partial charge in [0.05, 0.1) is 6.54 Å². The Morgan fingerprint density at radius 1 is 1.57 bits per heavy atom. The fourth-order valence-electron chi connectivity index (χ4n) is 2.49. The molecule has 0 aromatic carbocycles. The van der Waals surface area contributed by atoms with E-state index in [2.05, 4.69) is 27.3 Å². The van der Waals surface area contributed by atoms with Gasteiger partial charge in [-0.2, -0.15) is 4.98 Å². The molecule has 6 nitrogen and oxygen atoms in total. The molecule has 2 aromatic rings. The largest absolute Gasteiger partial charge is 0.353 e. The summed E-state index contributed by atoms with van der Waals surface area (Å²) in [4.78, 5) is 19.7. The first kappa shape index (κ1) is 14.2. The molecule has 7 heteroatoms. The van der Waals surface area contributed by atoms with Gasteiger partial charge in [-0.3, -0.25) is 9.69 Å². The highest BCUT2D eigenvalue weighted by molar-refractivity contribution is 7.10. The van der Waals surface area contributed by atoms with Crippen molar-refractivity contribution in [1.29, 1.82) is 0 Å². The number of aryl methyl sites for hydroxylation is 1. The minimum atomic E-state index is -0.264. The molecule has 0 aliphatic carbocycles. The highest BCUT2D eigenvalue weighted by atomic mass is 32.1. The van der Waals surface area contributed by atoms with E-state index in [0.29, 0.717) is 19.0 Å². The lowest BCUT2D eigenvalue weighted by molar-refractivity contribution is -0.129. The van der Waals surface area contributed by atoms with E-state index in [1.165, 1.54) is 0 Å². The molecule has 0 unspecified atom stereocenters. The maximum absolute atomic E-state index is 12.2. The second-order valence-electron chi connectivity index (χ2n) is 5.03. The number of hydrogen-bond acceptors (Lipinski definition) is 6. The monoisotopic (exact) mass is 306 g/mol. The van der Waals surface area contributed by atoms with Crippen LogP contribution in [0.3, 0.4) is 0 Å². The summed E-state index contributed by atoms with van der Waals surface area (Å²) in [7, 11) is 0. The van der Waals surface area contributed by atoms with Crippen molar-refractivity contribution in [2.24, 2.45) is 0 Å². The van der Waals surface area contributed by atoms with Crippen LogP contribution in [0.4, 0.5) is 0 Å². The quantitative estimate of drug-likeness (QED) is 0.911. The number of aromatic nitrogens is 2. The average Bonchev–Trinajstić information content (AvgIpc) is 3.11. The predicted molar refractivity (Wildman–Crippen MR) is 78.8 cm³/mol. The minimum Gasteiger partial charge on any atom is -0.353 e. The summed E-state index contributed by atoms with van der Waals surface area (Å²) in [5, 5.41) is 8.88. The van der Waals surface area contributed by atoms with Gasteiger partial charge in [0.25, 0.3) is 0 Å². The molecule has 0 saturated carbocycles. The molecule has 1 aliphatic heterocycles. The van der Waals surface area contributed by atoms with Crippen LogP contribution in [0.25, 0.3) is 0 Å². The van der Waals surface area contributed by atoms with Crippen LogP contribution in [0.15, 0.2) is 22.0 Å². The normalized spacial score (nSPS) is 19.7. The van der Waals surface area contributed by atoms with Crippen LogP contribution in [0.1, 0.15) is 36.0 Å². The summed E-state index contributed by atoms with van der Waals surface area (Å²) in [6.45, 7) is 4.01. The number of carbonyl (C=O) groups is 1. The van der Waals surface area contributed by atoms with Gasteiger partial charge in [0.2, 0.25) is 11.8 Å². The van der Waals surface area contributed by atoms with Crippen LogP contribution in [0.5, 0.6) is 0 Å². The van der Waals surface area contributed by atoms with E-state index in [-0.39, 0.29) is 11.9 Å². The Hall–Kier alpha value is -1.73. The molecule has 2 aromatic heterocycles. The number of carbonyl (C=O) groups excluding carboxylic acids is 1. The Labute approximate surface area is 127 Å². The molecule has 1 saturated heterocycles. The maximum atomic E-state index is 12.2. The molecule has 112 valence electrons. The Kier molecular flexibility index (Phi) is 4.31. The summed E-state index contributed by atoms with van der Waals surface area (Å²) >= 11 is 1.59. The third kappa shape index (κ3) is 3.14. The van der Waals surface area contributed by atoms with Crippen LogP contribution in [-0.2, 0) is 17.8 Å². The number of rotatable bonds is 5. The molecular weight excluding hydrogens is 288 g/mol. The fourth-order valence-corrected chi connectivity index (χ4v) is 3.35. The molecular formula is C14H18N4O2S. The molecule has 3 heterocycles. The zero-order valence-electron chi connectivity index (χ0n) is 11.9. The van der Waals surface area contributed by atoms with Crippen LogP contribution in [-0.4, -0.2) is 34.0 Å². The van der Waals surface area contributed by atoms with Gasteiger partial charge in [-0.15, -0.1) is 11.3 Å². The van der Waals surface area contributed by atoms with E-state index in [9.17, 15) is 4.79 Å². The van der Waals surface area contributed by atoms with E-state index < -0.39 is 0 Å². The van der Waals surface area contributed by atoms with Crippen molar-refractivity contribution in [1.82, 2.24) is 20.4 Å². The number of nitrogens with one attached hydrogen (secondary N) is 1. The molecule has 1 fully saturated rings. The van der Waals surface area contributed by atoms with Crippen LogP contribution >= 0.6 is 11.3 Å². The lowest BCUT2D eigenvalue weighted by atomic mass is 10.1. The second kappa shape index (κ2) is 6.36. The number of thiophene rings is 1. The number of amides is 1. The Morgan fingerprint density at radius 2 is 2.48 bits per heavy atom. The van der Waals surface area contributed by atoms with Gasteiger partial charge in [-0.25, -0.2) is 0 Å². The van der Waals surface area contributed by atoms with Crippen molar-refractivity contribution >= 4 is 17.2 Å². The average molecular weight is 306 g/mol. The van der Waals surface area contributed by atoms with Gasteiger partial charge in [0.1, 0.15) is 6.04 Å². The zero-order valence-corrected chi connectivity index (χ0v) is 12.7. The van der Waals surface area contributed by atoms with E-state index in [1.807, 2.05) is 17.5 Å². The third-order valence-corrected chi connectivity index (χ3v) is 4.37. The van der Waals surface area contributed by atoms with E-state index in [0.717, 1.165) is 30.1 Å². The summed E-state index contributed by atoms with van der Waals surface area (Å²) in [6.07, 6.45) is 1.81. The van der Waals surface area contributed by atoms with Gasteiger partial charge >= 0.3 is 0 Å². The van der Waals surface area contributed by atoms with E-state index in [4.69, 9.17) is 4.52 Å².